The second-order valence-electron chi connectivity index (χ2n) is 6.70. The Morgan fingerprint density at radius 3 is 1.53 bits per heavy atom. The highest BCUT2D eigenvalue weighted by Crippen LogP contribution is 2.13. The number of hydrogen-bond acceptors (Lipinski definition) is 20. The molecule has 22 heteroatoms. The molecule has 0 aromatic rings. The minimum Gasteiger partial charge on any atom is -0.438 e. The van der Waals surface area contributed by atoms with Crippen LogP contribution in [0.1, 0.15) is 0 Å². The van der Waals surface area contributed by atoms with Gasteiger partial charge >= 0.3 is 12.2 Å². The molecule has 252 valence electrons. The van der Waals surface area contributed by atoms with Gasteiger partial charge in [-0.25, -0.2) is 9.59 Å². The van der Waals surface area contributed by atoms with Crippen molar-refractivity contribution in [2.24, 2.45) is 9.98 Å². The number of hydrogen-bond donors (Lipinski definition) is 4. The Hall–Kier alpha value is 0.120. The van der Waals surface area contributed by atoms with E-state index in [4.69, 9.17) is 39.2 Å². The Balaban J connectivity index is 3.26. The Kier molecular flexibility index (Phi) is 38.4. The van der Waals surface area contributed by atoms with Crippen molar-refractivity contribution in [3.8, 4) is 0 Å². The SMILES string of the molecule is O=C(NCCSCSCC/N=C/OOCSCSCOC(=O)NCCSCSCC/N=C/OOCSCO)OCSCO. The Morgan fingerprint density at radius 1 is 0.581 bits per heavy atom. The van der Waals surface area contributed by atoms with E-state index in [0.29, 0.717) is 37.2 Å². The number of aliphatic hydroxyl groups excluding tert-OH is 2. The molecule has 43 heavy (non-hydrogen) atoms. The van der Waals surface area contributed by atoms with Crippen molar-refractivity contribution in [1.82, 2.24) is 10.6 Å². The van der Waals surface area contributed by atoms with Crippen molar-refractivity contribution >= 4 is 119 Å². The quantitative estimate of drug-likeness (QED) is 0.0194. The number of thioether (sulfide) groups is 8. The van der Waals surface area contributed by atoms with Crippen LogP contribution in [0.25, 0.3) is 0 Å². The lowest BCUT2D eigenvalue weighted by Crippen LogP contribution is -2.26. The number of carbonyl (C=O) groups is 2. The lowest BCUT2D eigenvalue weighted by molar-refractivity contribution is -0.196. The van der Waals surface area contributed by atoms with Gasteiger partial charge in [0.15, 0.2) is 0 Å². The van der Waals surface area contributed by atoms with Crippen LogP contribution < -0.4 is 10.6 Å². The maximum atomic E-state index is 11.7. The molecule has 0 saturated carbocycles. The minimum absolute atomic E-state index is 0.0171. The number of nitrogens with zero attached hydrogens (tertiary/aromatic N) is 2. The molecule has 0 aliphatic carbocycles. The summed E-state index contributed by atoms with van der Waals surface area (Å²) in [5, 5.41) is 25.0. The first-order valence-corrected chi connectivity index (χ1v) is 21.6. The first-order chi connectivity index (χ1) is 21.2. The average Bonchev–Trinajstić information content (AvgIpc) is 3.00. The molecule has 14 nitrogen and oxygen atoms in total. The summed E-state index contributed by atoms with van der Waals surface area (Å²) in [5.74, 6) is 4.14. The van der Waals surface area contributed by atoms with Crippen molar-refractivity contribution in [2.45, 2.75) is 0 Å². The molecule has 0 aliphatic rings. The van der Waals surface area contributed by atoms with Gasteiger partial charge in [-0.2, -0.15) is 9.78 Å². The van der Waals surface area contributed by atoms with Gasteiger partial charge in [-0.3, -0.25) is 9.98 Å². The van der Waals surface area contributed by atoms with Crippen LogP contribution in [-0.4, -0.2) is 135 Å². The number of rotatable bonds is 32. The number of aliphatic imine (C=N–C) groups is 2. The topological polar surface area (TPSA) is 179 Å². The predicted molar refractivity (Wildman–Crippen MR) is 188 cm³/mol. The summed E-state index contributed by atoms with van der Waals surface area (Å²) in [7, 11) is 0. The summed E-state index contributed by atoms with van der Waals surface area (Å²) in [6.45, 7) is 2.29. The van der Waals surface area contributed by atoms with E-state index in [1.165, 1.54) is 48.1 Å². The summed E-state index contributed by atoms with van der Waals surface area (Å²) in [5.41, 5.74) is 0. The van der Waals surface area contributed by atoms with Crippen LogP contribution in [0.4, 0.5) is 9.59 Å². The van der Waals surface area contributed by atoms with E-state index in [9.17, 15) is 9.59 Å². The van der Waals surface area contributed by atoms with Crippen LogP contribution >= 0.6 is 94.1 Å². The van der Waals surface area contributed by atoms with Gasteiger partial charge in [0, 0.05) is 51.4 Å². The zero-order valence-electron chi connectivity index (χ0n) is 23.5. The third-order valence-electron chi connectivity index (χ3n) is 3.62. The lowest BCUT2D eigenvalue weighted by atomic mass is 10.7. The second-order valence-corrected chi connectivity index (χ2v) is 15.9. The molecule has 2 amide bonds. The van der Waals surface area contributed by atoms with E-state index >= 15 is 0 Å². The number of aliphatic hydroxyl groups is 2. The fourth-order valence-corrected chi connectivity index (χ4v) is 7.47. The zero-order valence-corrected chi connectivity index (χ0v) is 30.0. The minimum atomic E-state index is -0.477. The summed E-state index contributed by atoms with van der Waals surface area (Å²) in [6, 6.07) is 0. The van der Waals surface area contributed by atoms with Crippen molar-refractivity contribution in [2.75, 3.05) is 100 Å². The smallest absolute Gasteiger partial charge is 0.408 e. The Bertz CT molecular complexity index is 696. The van der Waals surface area contributed by atoms with E-state index < -0.39 is 12.2 Å². The number of amides is 2. The summed E-state index contributed by atoms with van der Waals surface area (Å²) < 4.78 is 9.93. The van der Waals surface area contributed by atoms with Crippen LogP contribution in [0.2, 0.25) is 0 Å². The highest BCUT2D eigenvalue weighted by Gasteiger charge is 2.02. The number of alkyl carbamates (subject to hydrolysis) is 2. The van der Waals surface area contributed by atoms with Gasteiger partial charge in [0.25, 0.3) is 0 Å². The highest BCUT2D eigenvalue weighted by atomic mass is 32.2. The first kappa shape index (κ1) is 43.1. The Labute approximate surface area is 286 Å². The van der Waals surface area contributed by atoms with Crippen molar-refractivity contribution in [1.29, 1.82) is 0 Å². The molecular weight excluding hydrogens is 725 g/mol. The summed E-state index contributed by atoms with van der Waals surface area (Å²) in [6.07, 6.45) is 1.62. The molecule has 0 bridgehead atoms. The molecular formula is C21H40N4O10S8. The Morgan fingerprint density at radius 2 is 1.00 bits per heavy atom. The van der Waals surface area contributed by atoms with Crippen LogP contribution in [0, 0.1) is 0 Å². The average molecular weight is 765 g/mol. The molecule has 0 radical (unpaired) electrons. The maximum absolute atomic E-state index is 11.7. The van der Waals surface area contributed by atoms with Crippen LogP contribution in [0.15, 0.2) is 9.98 Å². The first-order valence-electron chi connectivity index (χ1n) is 12.4. The summed E-state index contributed by atoms with van der Waals surface area (Å²) in [4.78, 5) is 50.4. The molecule has 0 aromatic heterocycles. The zero-order chi connectivity index (χ0) is 31.3. The van der Waals surface area contributed by atoms with E-state index in [2.05, 4.69) is 20.6 Å². The second kappa shape index (κ2) is 38.3. The molecule has 4 N–H and O–H groups in total. The molecule has 0 unspecified atom stereocenters. The maximum Gasteiger partial charge on any atom is 0.408 e. The van der Waals surface area contributed by atoms with E-state index in [-0.39, 0.29) is 29.7 Å². The third kappa shape index (κ3) is 38.2. The predicted octanol–water partition coefficient (Wildman–Crippen LogP) is 3.86. The monoisotopic (exact) mass is 764 g/mol. The largest absolute Gasteiger partial charge is 0.438 e. The van der Waals surface area contributed by atoms with Crippen LogP contribution in [0.5, 0.6) is 0 Å². The lowest BCUT2D eigenvalue weighted by Gasteiger charge is -2.06. The fraction of sp³-hybridized carbons (Fsp3) is 0.810. The van der Waals surface area contributed by atoms with E-state index in [1.54, 1.807) is 47.0 Å². The van der Waals surface area contributed by atoms with Gasteiger partial charge in [-0.1, -0.05) is 11.8 Å². The summed E-state index contributed by atoms with van der Waals surface area (Å²) >= 11 is 12.2. The molecule has 0 atom stereocenters. The van der Waals surface area contributed by atoms with Gasteiger partial charge in [-0.15, -0.1) is 82.3 Å². The standard InChI is InChI=1S/C21H40N4O10S8/c26-11-40-13-30-20(28)24-3-7-38-17-37-6-2-23-10-33-35-16-43-19-42-14-31-21(29)25-4-8-39-18-36-5-1-22-9-32-34-15-41-12-27/h9-10,26-27H,1-8,11-19H2,(H,24,28)(H,25,29)/b22-9+,23-10+. The molecule has 0 rings (SSSR count). The fourth-order valence-electron chi connectivity index (χ4n) is 1.88. The van der Waals surface area contributed by atoms with Gasteiger partial charge in [0.2, 0.25) is 12.8 Å². The highest BCUT2D eigenvalue weighted by molar-refractivity contribution is 8.16. The van der Waals surface area contributed by atoms with Gasteiger partial charge in [0.1, 0.15) is 23.8 Å². The molecule has 0 fully saturated rings. The number of carbonyl (C=O) groups excluding carboxylic acids is 2. The molecule has 0 aliphatic heterocycles. The van der Waals surface area contributed by atoms with Gasteiger partial charge < -0.3 is 40.1 Å². The molecule has 0 heterocycles. The molecule has 0 spiro atoms. The van der Waals surface area contributed by atoms with Gasteiger partial charge in [-0.05, 0) is 0 Å². The van der Waals surface area contributed by atoms with Crippen LogP contribution in [-0.2, 0) is 29.0 Å². The number of ether oxygens (including phenoxy) is 2. The van der Waals surface area contributed by atoms with E-state index in [0.717, 1.165) is 44.9 Å². The van der Waals surface area contributed by atoms with Crippen LogP contribution in [0.3, 0.4) is 0 Å². The third-order valence-corrected chi connectivity index (χ3v) is 11.0. The van der Waals surface area contributed by atoms with Crippen molar-refractivity contribution < 1.29 is 48.8 Å². The van der Waals surface area contributed by atoms with Crippen molar-refractivity contribution in [3.05, 3.63) is 0 Å². The molecule has 0 aromatic carbocycles. The van der Waals surface area contributed by atoms with E-state index in [1.807, 2.05) is 0 Å². The number of nitrogens with one attached hydrogen (secondary N) is 2. The molecule has 0 saturated heterocycles. The normalized spacial score (nSPS) is 11.2. The van der Waals surface area contributed by atoms with Crippen molar-refractivity contribution in [3.63, 3.8) is 0 Å². The van der Waals surface area contributed by atoms with Gasteiger partial charge in [0.05, 0.1) is 25.0 Å².